The monoisotopic (exact) mass is 270 g/mol. The van der Waals surface area contributed by atoms with E-state index in [1.165, 1.54) is 0 Å². The molecule has 1 heterocycles. The maximum Gasteiger partial charge on any atom is 0.290 e. The molecule has 0 bridgehead atoms. The fraction of sp³-hybridized carbons (Fsp3) is 0.400. The van der Waals surface area contributed by atoms with Gasteiger partial charge >= 0.3 is 0 Å². The maximum absolute atomic E-state index is 12.6. The van der Waals surface area contributed by atoms with Crippen LogP contribution in [0.3, 0.4) is 0 Å². The molecule has 102 valence electrons. The predicted molar refractivity (Wildman–Crippen MR) is 72.6 cm³/mol. The van der Waals surface area contributed by atoms with Crippen molar-refractivity contribution in [3.8, 4) is 0 Å². The summed E-state index contributed by atoms with van der Waals surface area (Å²) in [7, 11) is 0. The first-order chi connectivity index (χ1) is 9.70. The quantitative estimate of drug-likeness (QED) is 0.679. The van der Waals surface area contributed by atoms with Crippen molar-refractivity contribution in [2.45, 2.75) is 37.8 Å². The SMILES string of the molecule is O=C1C2=C(c3ccccc31)[N+](=O)[C@@H]1CCCC[C@H]1N2[O-]. The van der Waals surface area contributed by atoms with E-state index in [2.05, 4.69) is 0 Å². The van der Waals surface area contributed by atoms with Gasteiger partial charge in [0.2, 0.25) is 11.8 Å². The van der Waals surface area contributed by atoms with E-state index in [0.29, 0.717) is 17.5 Å². The van der Waals surface area contributed by atoms with Gasteiger partial charge in [-0.1, -0.05) is 24.6 Å². The first-order valence-corrected chi connectivity index (χ1v) is 7.01. The molecule has 0 radical (unpaired) electrons. The summed E-state index contributed by atoms with van der Waals surface area (Å²) in [5.41, 5.74) is 1.40. The molecule has 0 saturated heterocycles. The summed E-state index contributed by atoms with van der Waals surface area (Å²) in [4.78, 5) is 25.0. The third-order valence-corrected chi connectivity index (χ3v) is 4.60. The van der Waals surface area contributed by atoms with E-state index >= 15 is 0 Å². The van der Waals surface area contributed by atoms with Crippen LogP contribution in [0.15, 0.2) is 30.0 Å². The number of rotatable bonds is 0. The van der Waals surface area contributed by atoms with Gasteiger partial charge in [0.25, 0.3) is 5.70 Å². The van der Waals surface area contributed by atoms with Gasteiger partial charge in [-0.05, 0) is 18.9 Å². The Kier molecular flexibility index (Phi) is 2.35. The number of allylic oxidation sites excluding steroid dienone is 1. The molecule has 3 aliphatic rings. The fourth-order valence-electron chi connectivity index (χ4n) is 3.65. The first-order valence-electron chi connectivity index (χ1n) is 7.01. The highest BCUT2D eigenvalue weighted by Gasteiger charge is 2.52. The smallest absolute Gasteiger partial charge is 0.290 e. The molecule has 20 heavy (non-hydrogen) atoms. The molecule has 0 unspecified atom stereocenters. The van der Waals surface area contributed by atoms with E-state index in [1.807, 2.05) is 0 Å². The number of fused-ring (bicyclic) bond motifs is 3. The van der Waals surface area contributed by atoms with E-state index in [1.54, 1.807) is 24.3 Å². The number of Topliss-reactive ketones (excluding diaryl/α,β-unsaturated/α-hetero) is 1. The van der Waals surface area contributed by atoms with Gasteiger partial charge in [0.1, 0.15) is 0 Å². The zero-order valence-corrected chi connectivity index (χ0v) is 10.9. The second-order valence-corrected chi connectivity index (χ2v) is 5.64. The van der Waals surface area contributed by atoms with E-state index in [4.69, 9.17) is 0 Å². The van der Waals surface area contributed by atoms with E-state index in [0.717, 1.165) is 29.1 Å². The molecule has 1 aromatic rings. The van der Waals surface area contributed by atoms with Crippen LogP contribution >= 0.6 is 0 Å². The molecule has 2 aliphatic carbocycles. The Hall–Kier alpha value is -2.01. The van der Waals surface area contributed by atoms with Gasteiger partial charge in [0.15, 0.2) is 5.70 Å². The largest absolute Gasteiger partial charge is 0.758 e. The number of benzene rings is 1. The molecule has 0 aromatic heterocycles. The van der Waals surface area contributed by atoms with Gasteiger partial charge in [-0.25, -0.2) is 0 Å². The summed E-state index contributed by atoms with van der Waals surface area (Å²) < 4.78 is 0.928. The normalized spacial score (nSPS) is 28.4. The first kappa shape index (κ1) is 11.8. The van der Waals surface area contributed by atoms with E-state index in [-0.39, 0.29) is 29.3 Å². The van der Waals surface area contributed by atoms with Crippen molar-refractivity contribution in [3.05, 3.63) is 51.2 Å². The van der Waals surface area contributed by atoms with Crippen LogP contribution in [0.1, 0.15) is 41.6 Å². The predicted octanol–water partition coefficient (Wildman–Crippen LogP) is 2.46. The molecule has 1 aliphatic heterocycles. The highest BCUT2D eigenvalue weighted by molar-refractivity contribution is 6.19. The van der Waals surface area contributed by atoms with Crippen LogP contribution in [0.4, 0.5) is 0 Å². The lowest BCUT2D eigenvalue weighted by Gasteiger charge is -2.44. The molecular weight excluding hydrogens is 256 g/mol. The Bertz CT molecular complexity index is 665. The second-order valence-electron chi connectivity index (χ2n) is 5.64. The zero-order valence-electron chi connectivity index (χ0n) is 10.9. The van der Waals surface area contributed by atoms with Crippen molar-refractivity contribution in [2.24, 2.45) is 0 Å². The minimum Gasteiger partial charge on any atom is -0.758 e. The van der Waals surface area contributed by atoms with Crippen molar-refractivity contribution in [1.82, 2.24) is 5.06 Å². The van der Waals surface area contributed by atoms with Crippen LogP contribution in [0.25, 0.3) is 5.70 Å². The molecule has 1 aromatic carbocycles. The molecule has 1 fully saturated rings. The summed E-state index contributed by atoms with van der Waals surface area (Å²) in [5, 5.41) is 13.4. The Morgan fingerprint density at radius 2 is 1.85 bits per heavy atom. The number of hydrogen-bond acceptors (Lipinski definition) is 4. The number of hydrogen-bond donors (Lipinski definition) is 0. The summed E-state index contributed by atoms with van der Waals surface area (Å²) >= 11 is 0. The van der Waals surface area contributed by atoms with Gasteiger partial charge < -0.3 is 10.3 Å². The van der Waals surface area contributed by atoms with Crippen molar-refractivity contribution in [1.29, 1.82) is 0 Å². The average Bonchev–Trinajstić information content (AvgIpc) is 2.79. The summed E-state index contributed by atoms with van der Waals surface area (Å²) in [6.07, 6.45) is 3.32. The lowest BCUT2D eigenvalue weighted by molar-refractivity contribution is -0.516. The molecule has 0 spiro atoms. The van der Waals surface area contributed by atoms with Crippen LogP contribution in [-0.4, -0.2) is 27.7 Å². The Morgan fingerprint density at radius 3 is 2.65 bits per heavy atom. The molecule has 1 saturated carbocycles. The highest BCUT2D eigenvalue weighted by atomic mass is 16.5. The van der Waals surface area contributed by atoms with Gasteiger partial charge in [-0.15, -0.1) is 0 Å². The maximum atomic E-state index is 12.6. The van der Waals surface area contributed by atoms with Crippen LogP contribution in [0.2, 0.25) is 0 Å². The number of ketones is 1. The summed E-state index contributed by atoms with van der Waals surface area (Å²) in [6.45, 7) is 0. The average molecular weight is 270 g/mol. The van der Waals surface area contributed by atoms with E-state index in [9.17, 15) is 14.9 Å². The number of carbonyl (C=O) groups excluding carboxylic acids is 1. The molecule has 4 rings (SSSR count). The molecule has 5 nitrogen and oxygen atoms in total. The minimum absolute atomic E-state index is 0.0457. The second kappa shape index (κ2) is 3.99. The molecule has 5 heteroatoms. The Balaban J connectivity index is 1.92. The number of nitroso groups, excluding NO2 is 1. The van der Waals surface area contributed by atoms with Crippen LogP contribution < -0.4 is 0 Å². The van der Waals surface area contributed by atoms with Gasteiger partial charge in [0, 0.05) is 21.7 Å². The minimum atomic E-state index is -0.377. The van der Waals surface area contributed by atoms with Gasteiger partial charge in [0.05, 0.1) is 11.6 Å². The standard InChI is InChI=1S/C15H14N2O3/c18-15-10-6-2-1-5-9(10)13-14(15)17(20)12-8-4-3-7-11(12)16(13)19/h1-2,5-6,11-12H,3-4,7-8H2/t11-,12-/m1/s1. The zero-order chi connectivity index (χ0) is 13.9. The molecular formula is C15H14N2O3. The third kappa shape index (κ3) is 1.33. The topological polar surface area (TPSA) is 63.5 Å². The highest BCUT2D eigenvalue weighted by Crippen LogP contribution is 2.43. The summed E-state index contributed by atoms with van der Waals surface area (Å²) in [5.74, 6) is -0.310. The number of hydroxylamine groups is 2. The number of carbonyl (C=O) groups is 1. The van der Waals surface area contributed by atoms with Gasteiger partial charge in [-0.2, -0.15) is 0 Å². The molecule has 2 atom stereocenters. The van der Waals surface area contributed by atoms with Crippen LogP contribution in [0, 0.1) is 10.1 Å². The van der Waals surface area contributed by atoms with Crippen molar-refractivity contribution in [2.75, 3.05) is 0 Å². The van der Waals surface area contributed by atoms with Gasteiger partial charge in [-0.3, -0.25) is 4.79 Å². The van der Waals surface area contributed by atoms with Crippen molar-refractivity contribution >= 4 is 11.5 Å². The lowest BCUT2D eigenvalue weighted by Crippen LogP contribution is -2.51. The van der Waals surface area contributed by atoms with Crippen LogP contribution in [0.5, 0.6) is 0 Å². The van der Waals surface area contributed by atoms with E-state index < -0.39 is 0 Å². The van der Waals surface area contributed by atoms with Crippen molar-refractivity contribution < 1.29 is 9.55 Å². The van der Waals surface area contributed by atoms with Crippen LogP contribution in [-0.2, 0) is 0 Å². The fourth-order valence-corrected chi connectivity index (χ4v) is 3.65. The third-order valence-electron chi connectivity index (χ3n) is 4.60. The molecule has 0 amide bonds. The molecule has 0 N–H and O–H groups in total. The Morgan fingerprint density at radius 1 is 1.15 bits per heavy atom. The van der Waals surface area contributed by atoms with Crippen molar-refractivity contribution in [3.63, 3.8) is 0 Å². The lowest BCUT2D eigenvalue weighted by atomic mass is 9.87. The number of nitrogens with zero attached hydrogens (tertiary/aromatic N) is 2. The summed E-state index contributed by atoms with van der Waals surface area (Å²) in [6, 6.07) is 6.28. The Labute approximate surface area is 116 Å².